The Morgan fingerprint density at radius 2 is 1.81 bits per heavy atom. The van der Waals surface area contributed by atoms with Crippen LogP contribution in [0.25, 0.3) is 21.8 Å². The molecule has 1 N–H and O–H groups in total. The summed E-state index contributed by atoms with van der Waals surface area (Å²) in [6.45, 7) is 3.54. The van der Waals surface area contributed by atoms with Crippen molar-refractivity contribution in [2.24, 2.45) is 5.92 Å². The Morgan fingerprint density at radius 1 is 1.08 bits per heavy atom. The molecule has 0 amide bonds. The standard InChI is InChI=1S/C21H21FN2O.ClH/c1-13(22)20-14-8-10-24(11-9-14)21(20)25-15-6-7-17-16-4-2-3-5-18(16)23-19(17)12-15;/h2-7,12,14,21,23H,8-11H2,1H3;1H. The quantitative estimate of drug-likeness (QED) is 0.650. The van der Waals surface area contributed by atoms with E-state index >= 15 is 0 Å². The van der Waals surface area contributed by atoms with Gasteiger partial charge < -0.3 is 9.72 Å². The lowest BCUT2D eigenvalue weighted by Crippen LogP contribution is -2.53. The topological polar surface area (TPSA) is 28.3 Å². The molecule has 1 aromatic heterocycles. The van der Waals surface area contributed by atoms with Crippen LogP contribution in [-0.2, 0) is 0 Å². The van der Waals surface area contributed by atoms with E-state index in [2.05, 4.69) is 28.1 Å². The van der Waals surface area contributed by atoms with Gasteiger partial charge in [-0.1, -0.05) is 18.2 Å². The van der Waals surface area contributed by atoms with Crippen molar-refractivity contribution in [1.82, 2.24) is 9.88 Å². The van der Waals surface area contributed by atoms with Crippen molar-refractivity contribution in [3.63, 3.8) is 0 Å². The molecule has 3 fully saturated rings. The number of rotatable bonds is 2. The lowest BCUT2D eigenvalue weighted by Gasteiger charge is -2.46. The number of aromatic amines is 1. The summed E-state index contributed by atoms with van der Waals surface area (Å²) in [7, 11) is 0. The van der Waals surface area contributed by atoms with Gasteiger partial charge in [0, 0.05) is 41.0 Å². The minimum absolute atomic E-state index is 0. The Hall–Kier alpha value is -2.04. The lowest BCUT2D eigenvalue weighted by molar-refractivity contribution is -0.0159. The Labute approximate surface area is 158 Å². The van der Waals surface area contributed by atoms with Gasteiger partial charge in [-0.15, -0.1) is 12.4 Å². The van der Waals surface area contributed by atoms with Crippen LogP contribution in [0.3, 0.4) is 0 Å². The third-order valence-electron chi connectivity index (χ3n) is 5.69. The van der Waals surface area contributed by atoms with Gasteiger partial charge in [-0.3, -0.25) is 4.90 Å². The summed E-state index contributed by atoms with van der Waals surface area (Å²) >= 11 is 0. The highest BCUT2D eigenvalue weighted by Crippen LogP contribution is 2.40. The number of hydrogen-bond acceptors (Lipinski definition) is 2. The molecule has 0 spiro atoms. The summed E-state index contributed by atoms with van der Waals surface area (Å²) in [6.07, 6.45) is 1.81. The highest BCUT2D eigenvalue weighted by molar-refractivity contribution is 6.07. The zero-order valence-electron chi connectivity index (χ0n) is 14.7. The predicted octanol–water partition coefficient (Wildman–Crippen LogP) is 5.42. The van der Waals surface area contributed by atoms with E-state index in [1.54, 1.807) is 6.92 Å². The number of fused-ring (bicyclic) bond motifs is 6. The number of ether oxygens (including phenoxy) is 1. The number of piperidine rings is 3. The van der Waals surface area contributed by atoms with Crippen LogP contribution in [-0.4, -0.2) is 29.2 Å². The molecule has 5 heteroatoms. The van der Waals surface area contributed by atoms with E-state index in [0.29, 0.717) is 5.92 Å². The summed E-state index contributed by atoms with van der Waals surface area (Å²) in [5, 5.41) is 2.40. The van der Waals surface area contributed by atoms with E-state index in [0.717, 1.165) is 48.3 Å². The smallest absolute Gasteiger partial charge is 0.178 e. The molecule has 1 atom stereocenters. The van der Waals surface area contributed by atoms with Crippen LogP contribution in [0.15, 0.2) is 53.9 Å². The Kier molecular flexibility index (Phi) is 4.41. The number of nitrogens with zero attached hydrogens (tertiary/aromatic N) is 1. The van der Waals surface area contributed by atoms with Crippen LogP contribution < -0.4 is 4.74 Å². The third-order valence-corrected chi connectivity index (χ3v) is 5.69. The number of para-hydroxylation sites is 1. The number of hydrogen-bond donors (Lipinski definition) is 1. The number of H-pyrrole nitrogens is 1. The third kappa shape index (κ3) is 2.68. The van der Waals surface area contributed by atoms with Crippen molar-refractivity contribution < 1.29 is 9.13 Å². The van der Waals surface area contributed by atoms with Crippen LogP contribution in [0, 0.1) is 5.92 Å². The van der Waals surface area contributed by atoms with E-state index in [-0.39, 0.29) is 24.5 Å². The molecule has 0 radical (unpaired) electrons. The summed E-state index contributed by atoms with van der Waals surface area (Å²) in [6, 6.07) is 14.4. The average molecular weight is 373 g/mol. The van der Waals surface area contributed by atoms with E-state index in [1.807, 2.05) is 24.3 Å². The van der Waals surface area contributed by atoms with Crippen molar-refractivity contribution in [2.75, 3.05) is 13.1 Å². The Morgan fingerprint density at radius 3 is 2.58 bits per heavy atom. The van der Waals surface area contributed by atoms with Gasteiger partial charge in [-0.2, -0.15) is 0 Å². The minimum Gasteiger partial charge on any atom is -0.471 e. The number of nitrogens with one attached hydrogen (secondary N) is 1. The first kappa shape index (κ1) is 17.4. The van der Waals surface area contributed by atoms with E-state index in [9.17, 15) is 4.39 Å². The summed E-state index contributed by atoms with van der Waals surface area (Å²) < 4.78 is 20.4. The zero-order chi connectivity index (χ0) is 17.0. The van der Waals surface area contributed by atoms with Gasteiger partial charge in [-0.25, -0.2) is 4.39 Å². The fourth-order valence-corrected chi connectivity index (χ4v) is 4.47. The fourth-order valence-electron chi connectivity index (χ4n) is 4.47. The van der Waals surface area contributed by atoms with Crippen molar-refractivity contribution >= 4 is 34.2 Å². The molecule has 2 bridgehead atoms. The second-order valence-corrected chi connectivity index (χ2v) is 7.15. The summed E-state index contributed by atoms with van der Waals surface area (Å²) in [5.41, 5.74) is 3.02. The first-order chi connectivity index (χ1) is 12.2. The molecule has 4 heterocycles. The van der Waals surface area contributed by atoms with Crippen LogP contribution in [0.2, 0.25) is 0 Å². The van der Waals surface area contributed by atoms with Gasteiger partial charge >= 0.3 is 0 Å². The number of allylic oxidation sites excluding steroid dienone is 1. The van der Waals surface area contributed by atoms with E-state index < -0.39 is 0 Å². The van der Waals surface area contributed by atoms with Crippen molar-refractivity contribution in [3.05, 3.63) is 53.9 Å². The van der Waals surface area contributed by atoms with Crippen LogP contribution in [0.4, 0.5) is 4.39 Å². The maximum Gasteiger partial charge on any atom is 0.178 e. The molecule has 3 nitrogen and oxygen atoms in total. The molecule has 136 valence electrons. The van der Waals surface area contributed by atoms with Crippen molar-refractivity contribution in [3.8, 4) is 5.75 Å². The van der Waals surface area contributed by atoms with E-state index in [4.69, 9.17) is 4.74 Å². The molecule has 26 heavy (non-hydrogen) atoms. The normalized spacial score (nSPS) is 26.8. The predicted molar refractivity (Wildman–Crippen MR) is 106 cm³/mol. The Balaban J connectivity index is 0.00000168. The summed E-state index contributed by atoms with van der Waals surface area (Å²) in [4.78, 5) is 5.70. The molecule has 6 rings (SSSR count). The number of aromatic nitrogens is 1. The van der Waals surface area contributed by atoms with Crippen LogP contribution in [0.1, 0.15) is 19.8 Å². The maximum absolute atomic E-state index is 14.2. The largest absolute Gasteiger partial charge is 0.471 e. The van der Waals surface area contributed by atoms with Gasteiger partial charge in [0.2, 0.25) is 0 Å². The molecule has 3 aromatic rings. The van der Waals surface area contributed by atoms with Crippen LogP contribution in [0.5, 0.6) is 5.75 Å². The molecule has 3 aliphatic heterocycles. The van der Waals surface area contributed by atoms with Gasteiger partial charge in [0.25, 0.3) is 0 Å². The average Bonchev–Trinajstić information content (AvgIpc) is 3.00. The summed E-state index contributed by atoms with van der Waals surface area (Å²) in [5.74, 6) is 1.04. The minimum atomic E-state index is -0.265. The molecule has 3 aliphatic rings. The molecule has 2 aromatic carbocycles. The second-order valence-electron chi connectivity index (χ2n) is 7.15. The zero-order valence-corrected chi connectivity index (χ0v) is 15.5. The molecular formula is C21H22ClFN2O. The van der Waals surface area contributed by atoms with Gasteiger partial charge in [0.15, 0.2) is 6.23 Å². The molecule has 3 saturated heterocycles. The Bertz CT molecular complexity index is 984. The number of benzene rings is 2. The molecule has 1 unspecified atom stereocenters. The van der Waals surface area contributed by atoms with Gasteiger partial charge in [-0.05, 0) is 43.9 Å². The fraction of sp³-hybridized carbons (Fsp3) is 0.333. The SMILES string of the molecule is CC(F)=C1C2CCN(CC2)C1Oc1ccc2c(c1)[nH]c1ccccc12.Cl. The van der Waals surface area contributed by atoms with Crippen molar-refractivity contribution in [2.45, 2.75) is 26.0 Å². The highest BCUT2D eigenvalue weighted by Gasteiger charge is 2.40. The second kappa shape index (κ2) is 6.60. The van der Waals surface area contributed by atoms with Gasteiger partial charge in [0.1, 0.15) is 11.6 Å². The van der Waals surface area contributed by atoms with Crippen molar-refractivity contribution in [1.29, 1.82) is 0 Å². The molecule has 0 saturated carbocycles. The first-order valence-corrected chi connectivity index (χ1v) is 8.98. The lowest BCUT2D eigenvalue weighted by atomic mass is 9.82. The molecular weight excluding hydrogens is 351 g/mol. The maximum atomic E-state index is 14.2. The first-order valence-electron chi connectivity index (χ1n) is 8.98. The molecule has 0 aliphatic carbocycles. The van der Waals surface area contributed by atoms with Crippen LogP contribution >= 0.6 is 12.4 Å². The number of halogens is 2. The monoisotopic (exact) mass is 372 g/mol. The van der Waals surface area contributed by atoms with E-state index in [1.165, 1.54) is 10.8 Å². The van der Waals surface area contributed by atoms with Gasteiger partial charge in [0.05, 0.1) is 5.52 Å². The highest BCUT2D eigenvalue weighted by atomic mass is 35.5.